The number of aliphatic hydroxyl groups excluding tert-OH is 1. The number of hydrogen-bond acceptors (Lipinski definition) is 4. The minimum atomic E-state index is 0.0973. The summed E-state index contributed by atoms with van der Waals surface area (Å²) < 4.78 is 0. The molecule has 0 aromatic rings. The van der Waals surface area contributed by atoms with Crippen LogP contribution in [-0.4, -0.2) is 54.4 Å². The molecule has 0 bridgehead atoms. The topological polar surface area (TPSA) is 61.5 Å². The molecule has 4 N–H and O–H groups in total. The van der Waals surface area contributed by atoms with Crippen molar-refractivity contribution in [3.8, 4) is 0 Å². The number of nitrogens with zero attached hydrogens (tertiary/aromatic N) is 1. The van der Waals surface area contributed by atoms with Gasteiger partial charge in [0.05, 0.1) is 0 Å². The Labute approximate surface area is 112 Å². The molecule has 0 aromatic heterocycles. The minimum absolute atomic E-state index is 0.0973. The van der Waals surface area contributed by atoms with Crippen LogP contribution >= 0.6 is 0 Å². The largest absolute Gasteiger partial charge is 0.396 e. The van der Waals surface area contributed by atoms with E-state index in [1.54, 1.807) is 0 Å². The van der Waals surface area contributed by atoms with E-state index in [1.807, 2.05) is 0 Å². The monoisotopic (exact) mass is 257 g/mol. The lowest BCUT2D eigenvalue weighted by Gasteiger charge is -2.44. The number of likely N-dealkylation sites (tertiary alicyclic amines) is 1. The van der Waals surface area contributed by atoms with Gasteiger partial charge in [0.15, 0.2) is 0 Å². The van der Waals surface area contributed by atoms with Gasteiger partial charge >= 0.3 is 0 Å². The molecule has 1 aliphatic rings. The summed E-state index contributed by atoms with van der Waals surface area (Å²) in [5.74, 6) is 0. The molecule has 18 heavy (non-hydrogen) atoms. The van der Waals surface area contributed by atoms with Crippen molar-refractivity contribution in [3.63, 3.8) is 0 Å². The summed E-state index contributed by atoms with van der Waals surface area (Å²) in [6, 6.07) is 0.399. The maximum atomic E-state index is 9.09. The average Bonchev–Trinajstić information content (AvgIpc) is 2.41. The van der Waals surface area contributed by atoms with Crippen LogP contribution in [0, 0.1) is 0 Å². The van der Waals surface area contributed by atoms with Crippen molar-refractivity contribution < 1.29 is 5.11 Å². The molecule has 1 saturated heterocycles. The molecule has 4 heteroatoms. The Morgan fingerprint density at radius 1 is 1.33 bits per heavy atom. The summed E-state index contributed by atoms with van der Waals surface area (Å²) in [6.45, 7) is 8.86. The molecular weight excluding hydrogens is 226 g/mol. The van der Waals surface area contributed by atoms with Crippen molar-refractivity contribution in [3.05, 3.63) is 0 Å². The summed E-state index contributed by atoms with van der Waals surface area (Å²) in [5.41, 5.74) is 6.11. The number of piperidine rings is 1. The molecule has 4 nitrogen and oxygen atoms in total. The van der Waals surface area contributed by atoms with Crippen LogP contribution in [0.1, 0.15) is 46.0 Å². The van der Waals surface area contributed by atoms with Crippen LogP contribution < -0.4 is 11.1 Å². The van der Waals surface area contributed by atoms with Crippen molar-refractivity contribution in [1.82, 2.24) is 10.2 Å². The molecule has 0 amide bonds. The molecule has 1 unspecified atom stereocenters. The molecule has 108 valence electrons. The molecule has 0 aliphatic carbocycles. The predicted octanol–water partition coefficient (Wildman–Crippen LogP) is 0.940. The number of rotatable bonds is 8. The lowest BCUT2D eigenvalue weighted by Crippen LogP contribution is -2.60. The van der Waals surface area contributed by atoms with Crippen LogP contribution in [-0.2, 0) is 0 Å². The van der Waals surface area contributed by atoms with Gasteiger partial charge in [0.2, 0.25) is 0 Å². The maximum Gasteiger partial charge on any atom is 0.0445 e. The van der Waals surface area contributed by atoms with Crippen molar-refractivity contribution in [2.45, 2.75) is 57.5 Å². The second-order valence-electron chi connectivity index (χ2n) is 5.59. The molecule has 0 radical (unpaired) electrons. The van der Waals surface area contributed by atoms with Gasteiger partial charge in [-0.2, -0.15) is 0 Å². The summed E-state index contributed by atoms with van der Waals surface area (Å²) in [5, 5.41) is 12.8. The van der Waals surface area contributed by atoms with Crippen LogP contribution in [0.25, 0.3) is 0 Å². The van der Waals surface area contributed by atoms with E-state index >= 15 is 0 Å². The Kier molecular flexibility index (Phi) is 7.15. The highest BCUT2D eigenvalue weighted by molar-refractivity contribution is 4.96. The van der Waals surface area contributed by atoms with Crippen LogP contribution in [0.3, 0.4) is 0 Å². The third kappa shape index (κ3) is 4.50. The first kappa shape index (κ1) is 15.9. The van der Waals surface area contributed by atoms with Crippen molar-refractivity contribution in [2.24, 2.45) is 5.73 Å². The van der Waals surface area contributed by atoms with Gasteiger partial charge in [-0.3, -0.25) is 0 Å². The molecule has 0 aromatic carbocycles. The molecule has 1 fully saturated rings. The molecule has 1 atom stereocenters. The highest BCUT2D eigenvalue weighted by Gasteiger charge is 2.34. The fourth-order valence-electron chi connectivity index (χ4n) is 2.90. The SMILES string of the molecule is CCCN1CCC(CN)(NC(CC)CCO)CC1. The average molecular weight is 257 g/mol. The first-order chi connectivity index (χ1) is 8.69. The Morgan fingerprint density at radius 3 is 2.44 bits per heavy atom. The van der Waals surface area contributed by atoms with E-state index in [1.165, 1.54) is 13.0 Å². The van der Waals surface area contributed by atoms with Crippen LogP contribution in [0.4, 0.5) is 0 Å². The van der Waals surface area contributed by atoms with Crippen molar-refractivity contribution in [1.29, 1.82) is 0 Å². The third-order valence-corrected chi connectivity index (χ3v) is 4.22. The second-order valence-corrected chi connectivity index (χ2v) is 5.59. The van der Waals surface area contributed by atoms with Gasteiger partial charge < -0.3 is 21.1 Å². The zero-order valence-electron chi connectivity index (χ0n) is 12.1. The third-order valence-electron chi connectivity index (χ3n) is 4.22. The van der Waals surface area contributed by atoms with E-state index in [9.17, 15) is 0 Å². The van der Waals surface area contributed by atoms with Gasteiger partial charge in [-0.25, -0.2) is 0 Å². The van der Waals surface area contributed by atoms with Gasteiger partial charge in [0.25, 0.3) is 0 Å². The first-order valence-electron chi connectivity index (χ1n) is 7.50. The van der Waals surface area contributed by atoms with Crippen LogP contribution in [0.15, 0.2) is 0 Å². The smallest absolute Gasteiger partial charge is 0.0445 e. The normalized spacial score (nSPS) is 22.0. The van der Waals surface area contributed by atoms with Gasteiger partial charge in [-0.15, -0.1) is 0 Å². The van der Waals surface area contributed by atoms with Crippen LogP contribution in [0.2, 0.25) is 0 Å². The number of hydrogen-bond donors (Lipinski definition) is 3. The molecule has 1 rings (SSSR count). The van der Waals surface area contributed by atoms with Crippen LogP contribution in [0.5, 0.6) is 0 Å². The molecule has 1 aliphatic heterocycles. The summed E-state index contributed by atoms with van der Waals surface area (Å²) >= 11 is 0. The van der Waals surface area contributed by atoms with Gasteiger partial charge in [0.1, 0.15) is 0 Å². The highest BCUT2D eigenvalue weighted by Crippen LogP contribution is 2.23. The van der Waals surface area contributed by atoms with Gasteiger partial charge in [-0.1, -0.05) is 13.8 Å². The predicted molar refractivity (Wildman–Crippen MR) is 76.7 cm³/mol. The minimum Gasteiger partial charge on any atom is -0.396 e. The van der Waals surface area contributed by atoms with E-state index < -0.39 is 0 Å². The van der Waals surface area contributed by atoms with E-state index in [2.05, 4.69) is 24.1 Å². The zero-order chi connectivity index (χ0) is 13.4. The maximum absolute atomic E-state index is 9.09. The van der Waals surface area contributed by atoms with Crippen molar-refractivity contribution in [2.75, 3.05) is 32.8 Å². The zero-order valence-corrected chi connectivity index (χ0v) is 12.1. The Balaban J connectivity index is 2.49. The standard InChI is InChI=1S/C14H31N3O/c1-3-8-17-9-6-14(12-15,7-10-17)16-13(4-2)5-11-18/h13,16,18H,3-12,15H2,1-2H3. The van der Waals surface area contributed by atoms with Gasteiger partial charge in [0, 0.05) is 24.7 Å². The molecule has 1 heterocycles. The summed E-state index contributed by atoms with van der Waals surface area (Å²) in [4.78, 5) is 2.53. The number of nitrogens with one attached hydrogen (secondary N) is 1. The Morgan fingerprint density at radius 2 is 2.00 bits per heavy atom. The fourth-order valence-corrected chi connectivity index (χ4v) is 2.90. The quantitative estimate of drug-likeness (QED) is 0.606. The Hall–Kier alpha value is -0.160. The molecule has 0 spiro atoms. The Bertz CT molecular complexity index is 215. The fraction of sp³-hybridized carbons (Fsp3) is 1.00. The molecular formula is C14H31N3O. The van der Waals surface area contributed by atoms with E-state index in [-0.39, 0.29) is 12.1 Å². The molecule has 0 saturated carbocycles. The van der Waals surface area contributed by atoms with E-state index in [0.29, 0.717) is 12.6 Å². The number of aliphatic hydroxyl groups is 1. The van der Waals surface area contributed by atoms with Gasteiger partial charge in [-0.05, 0) is 51.7 Å². The van der Waals surface area contributed by atoms with E-state index in [4.69, 9.17) is 10.8 Å². The van der Waals surface area contributed by atoms with E-state index in [0.717, 1.165) is 38.8 Å². The summed E-state index contributed by atoms with van der Waals surface area (Å²) in [6.07, 6.45) is 5.37. The lowest BCUT2D eigenvalue weighted by atomic mass is 9.86. The lowest BCUT2D eigenvalue weighted by molar-refractivity contribution is 0.122. The summed E-state index contributed by atoms with van der Waals surface area (Å²) in [7, 11) is 0. The first-order valence-corrected chi connectivity index (χ1v) is 7.50. The second kappa shape index (κ2) is 8.10. The van der Waals surface area contributed by atoms with Crippen molar-refractivity contribution >= 4 is 0 Å². The number of nitrogens with two attached hydrogens (primary N) is 1. The highest BCUT2D eigenvalue weighted by atomic mass is 16.3.